The molecule has 0 aliphatic rings. The van der Waals surface area contributed by atoms with Gasteiger partial charge in [-0.2, -0.15) is 5.10 Å². The maximum absolute atomic E-state index is 12.5. The molecule has 1 unspecified atom stereocenters. The summed E-state index contributed by atoms with van der Waals surface area (Å²) in [6, 6.07) is 10.2. The van der Waals surface area contributed by atoms with Crippen LogP contribution in [0.25, 0.3) is 0 Å². The first-order chi connectivity index (χ1) is 10.9. The molecular formula is C17H21N3O3. The van der Waals surface area contributed by atoms with Crippen molar-refractivity contribution in [1.82, 2.24) is 15.1 Å². The normalized spacial score (nSPS) is 12.2. The second-order valence-electron chi connectivity index (χ2n) is 5.77. The smallest absolute Gasteiger partial charge is 0.305 e. The van der Waals surface area contributed by atoms with Crippen molar-refractivity contribution < 1.29 is 14.7 Å². The van der Waals surface area contributed by atoms with Crippen LogP contribution in [0.3, 0.4) is 0 Å². The maximum Gasteiger partial charge on any atom is 0.305 e. The van der Waals surface area contributed by atoms with E-state index in [1.807, 2.05) is 32.0 Å². The average molecular weight is 315 g/mol. The molecule has 1 amide bonds. The summed E-state index contributed by atoms with van der Waals surface area (Å²) >= 11 is 0. The largest absolute Gasteiger partial charge is 0.481 e. The Balaban J connectivity index is 2.22. The Hall–Kier alpha value is -2.63. The van der Waals surface area contributed by atoms with Gasteiger partial charge < -0.3 is 10.4 Å². The summed E-state index contributed by atoms with van der Waals surface area (Å²) in [5.41, 5.74) is 2.00. The van der Waals surface area contributed by atoms with E-state index in [1.165, 1.54) is 4.68 Å². The number of hydrogen-bond donors (Lipinski definition) is 2. The monoisotopic (exact) mass is 315 g/mol. The number of carboxylic acids is 1. The minimum absolute atomic E-state index is 0.176. The lowest BCUT2D eigenvalue weighted by atomic mass is 10.0. The Labute approximate surface area is 135 Å². The van der Waals surface area contributed by atoms with Crippen molar-refractivity contribution in [3.05, 3.63) is 53.3 Å². The molecule has 0 aliphatic carbocycles. The second-order valence-corrected chi connectivity index (χ2v) is 5.77. The molecule has 0 aliphatic heterocycles. The van der Waals surface area contributed by atoms with Crippen LogP contribution in [0, 0.1) is 0 Å². The van der Waals surface area contributed by atoms with Crippen molar-refractivity contribution in [2.24, 2.45) is 7.05 Å². The minimum atomic E-state index is -0.966. The van der Waals surface area contributed by atoms with Gasteiger partial charge in [-0.15, -0.1) is 0 Å². The van der Waals surface area contributed by atoms with Gasteiger partial charge in [-0.1, -0.05) is 44.2 Å². The van der Waals surface area contributed by atoms with Gasteiger partial charge in [-0.25, -0.2) is 0 Å². The van der Waals surface area contributed by atoms with Gasteiger partial charge in [0.15, 0.2) is 0 Å². The Kier molecular flexibility index (Phi) is 5.16. The van der Waals surface area contributed by atoms with Gasteiger partial charge >= 0.3 is 5.97 Å². The summed E-state index contributed by atoms with van der Waals surface area (Å²) in [4.78, 5) is 23.6. The number of amides is 1. The van der Waals surface area contributed by atoms with Crippen molar-refractivity contribution in [3.63, 3.8) is 0 Å². The number of nitrogens with zero attached hydrogens (tertiary/aromatic N) is 2. The highest BCUT2D eigenvalue weighted by molar-refractivity contribution is 5.93. The first-order valence-corrected chi connectivity index (χ1v) is 7.50. The quantitative estimate of drug-likeness (QED) is 0.857. The highest BCUT2D eigenvalue weighted by Gasteiger charge is 2.21. The SMILES string of the molecule is CC(C)c1cc(C(=O)NC(CC(=O)O)c2ccccc2)n(C)n1. The molecule has 0 radical (unpaired) electrons. The van der Waals surface area contributed by atoms with Gasteiger partial charge in [0.2, 0.25) is 0 Å². The fourth-order valence-electron chi connectivity index (χ4n) is 2.33. The molecule has 0 bridgehead atoms. The zero-order chi connectivity index (χ0) is 17.0. The molecule has 1 atom stereocenters. The molecule has 1 heterocycles. The molecule has 23 heavy (non-hydrogen) atoms. The van der Waals surface area contributed by atoms with Crippen molar-refractivity contribution in [1.29, 1.82) is 0 Å². The Morgan fingerprint density at radius 3 is 2.43 bits per heavy atom. The van der Waals surface area contributed by atoms with Crippen LogP contribution in [-0.2, 0) is 11.8 Å². The summed E-state index contributed by atoms with van der Waals surface area (Å²) in [7, 11) is 1.70. The summed E-state index contributed by atoms with van der Waals surface area (Å²) in [6.45, 7) is 4.00. The molecule has 0 spiro atoms. The molecule has 6 nitrogen and oxygen atoms in total. The molecule has 122 valence electrons. The van der Waals surface area contributed by atoms with Crippen LogP contribution in [0.5, 0.6) is 0 Å². The van der Waals surface area contributed by atoms with E-state index >= 15 is 0 Å². The molecule has 0 saturated carbocycles. The van der Waals surface area contributed by atoms with E-state index in [9.17, 15) is 9.59 Å². The average Bonchev–Trinajstić information content (AvgIpc) is 2.89. The van der Waals surface area contributed by atoms with E-state index in [0.29, 0.717) is 5.69 Å². The maximum atomic E-state index is 12.5. The summed E-state index contributed by atoms with van der Waals surface area (Å²) in [5.74, 6) is -1.08. The molecule has 0 fully saturated rings. The third-order valence-electron chi connectivity index (χ3n) is 3.61. The van der Waals surface area contributed by atoms with Crippen LogP contribution in [0.1, 0.15) is 54.0 Å². The van der Waals surface area contributed by atoms with E-state index < -0.39 is 12.0 Å². The predicted octanol–water partition coefficient (Wildman–Crippen LogP) is 2.49. The highest BCUT2D eigenvalue weighted by atomic mass is 16.4. The standard InChI is InChI=1S/C17H21N3O3/c1-11(2)13-9-15(20(3)19-13)17(23)18-14(10-16(21)22)12-7-5-4-6-8-12/h4-9,11,14H,10H2,1-3H3,(H,18,23)(H,21,22). The van der Waals surface area contributed by atoms with Crippen LogP contribution in [0.15, 0.2) is 36.4 Å². The molecule has 2 rings (SSSR count). The van der Waals surface area contributed by atoms with E-state index in [4.69, 9.17) is 5.11 Å². The van der Waals surface area contributed by atoms with Gasteiger partial charge in [-0.05, 0) is 17.5 Å². The van der Waals surface area contributed by atoms with E-state index in [0.717, 1.165) is 11.3 Å². The van der Waals surface area contributed by atoms with Gasteiger partial charge in [0.25, 0.3) is 5.91 Å². The summed E-state index contributed by atoms with van der Waals surface area (Å²) in [6.07, 6.45) is -0.176. The number of hydrogen-bond acceptors (Lipinski definition) is 3. The lowest BCUT2D eigenvalue weighted by Crippen LogP contribution is -2.31. The number of benzene rings is 1. The second kappa shape index (κ2) is 7.09. The van der Waals surface area contributed by atoms with Crippen molar-refractivity contribution in [2.45, 2.75) is 32.2 Å². The van der Waals surface area contributed by atoms with E-state index in [1.54, 1.807) is 25.2 Å². The molecule has 1 aromatic carbocycles. The fourth-order valence-corrected chi connectivity index (χ4v) is 2.33. The van der Waals surface area contributed by atoms with Crippen LogP contribution >= 0.6 is 0 Å². The number of nitrogens with one attached hydrogen (secondary N) is 1. The van der Waals surface area contributed by atoms with Crippen molar-refractivity contribution in [3.8, 4) is 0 Å². The number of carbonyl (C=O) groups excluding carboxylic acids is 1. The number of rotatable bonds is 6. The summed E-state index contributed by atoms with van der Waals surface area (Å²) in [5, 5.41) is 16.2. The predicted molar refractivity (Wildman–Crippen MR) is 86.2 cm³/mol. The molecule has 2 aromatic rings. The number of aromatic nitrogens is 2. The van der Waals surface area contributed by atoms with Crippen LogP contribution in [0.4, 0.5) is 0 Å². The Morgan fingerprint density at radius 1 is 1.26 bits per heavy atom. The molecule has 1 aromatic heterocycles. The minimum Gasteiger partial charge on any atom is -0.481 e. The molecule has 6 heteroatoms. The van der Waals surface area contributed by atoms with Crippen LogP contribution < -0.4 is 5.32 Å². The highest BCUT2D eigenvalue weighted by Crippen LogP contribution is 2.19. The van der Waals surface area contributed by atoms with Crippen LogP contribution in [-0.4, -0.2) is 26.8 Å². The molecule has 0 saturated heterocycles. The van der Waals surface area contributed by atoms with Crippen LogP contribution in [0.2, 0.25) is 0 Å². The van der Waals surface area contributed by atoms with Gasteiger partial charge in [0.1, 0.15) is 5.69 Å². The zero-order valence-electron chi connectivity index (χ0n) is 13.5. The lowest BCUT2D eigenvalue weighted by Gasteiger charge is -2.17. The van der Waals surface area contributed by atoms with Gasteiger partial charge in [0, 0.05) is 7.05 Å². The molecule has 2 N–H and O–H groups in total. The Morgan fingerprint density at radius 2 is 1.91 bits per heavy atom. The number of carbonyl (C=O) groups is 2. The van der Waals surface area contributed by atoms with Gasteiger partial charge in [-0.3, -0.25) is 14.3 Å². The first-order valence-electron chi connectivity index (χ1n) is 7.50. The zero-order valence-corrected chi connectivity index (χ0v) is 13.5. The lowest BCUT2D eigenvalue weighted by molar-refractivity contribution is -0.137. The van der Waals surface area contributed by atoms with Crippen molar-refractivity contribution in [2.75, 3.05) is 0 Å². The number of aliphatic carboxylic acids is 1. The summed E-state index contributed by atoms with van der Waals surface area (Å²) < 4.78 is 1.52. The first kappa shape index (κ1) is 16.7. The fraction of sp³-hybridized carbons (Fsp3) is 0.353. The third-order valence-corrected chi connectivity index (χ3v) is 3.61. The number of carboxylic acid groups (broad SMARTS) is 1. The van der Waals surface area contributed by atoms with E-state index in [2.05, 4.69) is 10.4 Å². The Bertz CT molecular complexity index is 692. The topological polar surface area (TPSA) is 84.2 Å². The number of aryl methyl sites for hydroxylation is 1. The molecular weight excluding hydrogens is 294 g/mol. The third kappa shape index (κ3) is 4.18. The van der Waals surface area contributed by atoms with Crippen molar-refractivity contribution >= 4 is 11.9 Å². The van der Waals surface area contributed by atoms with E-state index in [-0.39, 0.29) is 18.2 Å². The van der Waals surface area contributed by atoms with Gasteiger partial charge in [0.05, 0.1) is 18.2 Å².